The zero-order valence-corrected chi connectivity index (χ0v) is 19.1. The van der Waals surface area contributed by atoms with Crippen LogP contribution < -0.4 is 10.1 Å². The van der Waals surface area contributed by atoms with E-state index in [9.17, 15) is 9.59 Å². The number of aromatic nitrogens is 1. The first-order valence-corrected chi connectivity index (χ1v) is 11.4. The molecular weight excluding hydrogens is 470 g/mol. The van der Waals surface area contributed by atoms with Crippen LogP contribution in [0, 0.1) is 0 Å². The van der Waals surface area contributed by atoms with Crippen molar-refractivity contribution in [3.8, 4) is 5.75 Å². The van der Waals surface area contributed by atoms with Gasteiger partial charge in [0, 0.05) is 42.7 Å². The van der Waals surface area contributed by atoms with E-state index in [2.05, 4.69) is 26.2 Å². The monoisotopic (exact) mass is 493 g/mol. The Morgan fingerprint density at radius 1 is 0.969 bits per heavy atom. The molecule has 1 saturated heterocycles. The number of benzene rings is 2. The van der Waals surface area contributed by atoms with Crippen LogP contribution in [0.25, 0.3) is 0 Å². The molecule has 0 bridgehead atoms. The van der Waals surface area contributed by atoms with E-state index in [1.54, 1.807) is 24.5 Å². The first kappa shape index (κ1) is 22.0. The van der Waals surface area contributed by atoms with E-state index < -0.39 is 0 Å². The number of carbonyl (C=O) groups excluding carboxylic acids is 2. The predicted molar refractivity (Wildman–Crippen MR) is 126 cm³/mol. The Morgan fingerprint density at radius 3 is 2.34 bits per heavy atom. The fourth-order valence-corrected chi connectivity index (χ4v) is 4.05. The quantitative estimate of drug-likeness (QED) is 0.550. The second-order valence-electron chi connectivity index (χ2n) is 7.69. The minimum atomic E-state index is -0.0952. The van der Waals surface area contributed by atoms with Crippen molar-refractivity contribution < 1.29 is 14.3 Å². The Hall–Kier alpha value is -3.19. The predicted octanol–water partition coefficient (Wildman–Crippen LogP) is 4.46. The maximum Gasteiger partial charge on any atom is 0.253 e. The lowest BCUT2D eigenvalue weighted by Gasteiger charge is -2.32. The number of pyridine rings is 1. The van der Waals surface area contributed by atoms with Gasteiger partial charge >= 0.3 is 0 Å². The summed E-state index contributed by atoms with van der Waals surface area (Å²) in [5.74, 6) is 0.697. The standard InChI is InChI=1S/C25H24BrN3O3/c26-22-3-1-2-4-23(22)32-17-18-5-7-19(8-6-18)24(30)28-21-11-15-29(16-12-21)25(31)20-9-13-27-14-10-20/h1-10,13-14,21H,11-12,15-17H2,(H,28,30). The van der Waals surface area contributed by atoms with Gasteiger partial charge in [0.2, 0.25) is 0 Å². The molecule has 1 aliphatic rings. The number of halogens is 1. The van der Waals surface area contributed by atoms with Crippen molar-refractivity contribution in [2.45, 2.75) is 25.5 Å². The molecule has 2 amide bonds. The van der Waals surface area contributed by atoms with Crippen molar-refractivity contribution in [1.82, 2.24) is 15.2 Å². The summed E-state index contributed by atoms with van der Waals surface area (Å²) in [6.45, 7) is 1.67. The highest BCUT2D eigenvalue weighted by Gasteiger charge is 2.24. The van der Waals surface area contributed by atoms with E-state index in [0.29, 0.717) is 30.8 Å². The van der Waals surface area contributed by atoms with Gasteiger partial charge in [-0.2, -0.15) is 0 Å². The van der Waals surface area contributed by atoms with Gasteiger partial charge in [-0.05, 0) is 70.7 Å². The maximum atomic E-state index is 12.6. The summed E-state index contributed by atoms with van der Waals surface area (Å²) >= 11 is 3.47. The molecular formula is C25H24BrN3O3. The molecule has 3 aromatic rings. The Bertz CT molecular complexity index is 1070. The molecule has 32 heavy (non-hydrogen) atoms. The molecule has 0 aliphatic carbocycles. The number of likely N-dealkylation sites (tertiary alicyclic amines) is 1. The number of nitrogens with zero attached hydrogens (tertiary/aromatic N) is 2. The number of para-hydroxylation sites is 1. The topological polar surface area (TPSA) is 71.5 Å². The maximum absolute atomic E-state index is 12.6. The smallest absolute Gasteiger partial charge is 0.253 e. The number of carbonyl (C=O) groups is 2. The molecule has 2 heterocycles. The lowest BCUT2D eigenvalue weighted by Crippen LogP contribution is -2.46. The van der Waals surface area contributed by atoms with Gasteiger partial charge < -0.3 is 15.0 Å². The second-order valence-corrected chi connectivity index (χ2v) is 8.55. The fraction of sp³-hybridized carbons (Fsp3) is 0.240. The van der Waals surface area contributed by atoms with E-state index in [-0.39, 0.29) is 17.9 Å². The third kappa shape index (κ3) is 5.53. The van der Waals surface area contributed by atoms with Gasteiger partial charge in [-0.1, -0.05) is 24.3 Å². The Morgan fingerprint density at radius 2 is 1.66 bits per heavy atom. The molecule has 1 N–H and O–H groups in total. The van der Waals surface area contributed by atoms with Gasteiger partial charge in [0.05, 0.1) is 4.47 Å². The summed E-state index contributed by atoms with van der Waals surface area (Å²) in [5, 5.41) is 3.09. The summed E-state index contributed by atoms with van der Waals surface area (Å²) in [4.78, 5) is 31.0. The highest BCUT2D eigenvalue weighted by Crippen LogP contribution is 2.24. The van der Waals surface area contributed by atoms with Crippen molar-refractivity contribution in [3.05, 3.63) is 94.2 Å². The summed E-state index contributed by atoms with van der Waals surface area (Å²) < 4.78 is 6.73. The molecule has 0 radical (unpaired) electrons. The van der Waals surface area contributed by atoms with Gasteiger partial charge in [0.15, 0.2) is 0 Å². The van der Waals surface area contributed by atoms with Gasteiger partial charge in [0.25, 0.3) is 11.8 Å². The van der Waals surface area contributed by atoms with Crippen LogP contribution in [-0.4, -0.2) is 40.8 Å². The van der Waals surface area contributed by atoms with E-state index >= 15 is 0 Å². The van der Waals surface area contributed by atoms with Crippen LogP contribution in [0.15, 0.2) is 77.5 Å². The average Bonchev–Trinajstić information content (AvgIpc) is 2.84. The Balaban J connectivity index is 1.25. The minimum Gasteiger partial charge on any atom is -0.488 e. The number of rotatable bonds is 6. The number of hydrogen-bond acceptors (Lipinski definition) is 4. The number of ether oxygens (including phenoxy) is 1. The largest absolute Gasteiger partial charge is 0.488 e. The van der Waals surface area contributed by atoms with Crippen LogP contribution in [0.2, 0.25) is 0 Å². The summed E-state index contributed by atoms with van der Waals surface area (Å²) in [7, 11) is 0. The van der Waals surface area contributed by atoms with Crippen LogP contribution in [0.3, 0.4) is 0 Å². The summed E-state index contributed by atoms with van der Waals surface area (Å²) in [5.41, 5.74) is 2.25. The third-order valence-corrected chi connectivity index (χ3v) is 6.15. The fourth-order valence-electron chi connectivity index (χ4n) is 3.65. The van der Waals surface area contributed by atoms with Crippen LogP contribution >= 0.6 is 15.9 Å². The van der Waals surface area contributed by atoms with E-state index in [1.807, 2.05) is 53.4 Å². The van der Waals surface area contributed by atoms with Crippen molar-refractivity contribution in [1.29, 1.82) is 0 Å². The zero-order chi connectivity index (χ0) is 22.3. The number of nitrogens with one attached hydrogen (secondary N) is 1. The average molecular weight is 494 g/mol. The minimum absolute atomic E-state index is 0.0116. The number of piperidine rings is 1. The van der Waals surface area contributed by atoms with Crippen LogP contribution in [-0.2, 0) is 6.61 Å². The first-order chi connectivity index (χ1) is 15.6. The van der Waals surface area contributed by atoms with E-state index in [4.69, 9.17) is 4.74 Å². The van der Waals surface area contributed by atoms with Gasteiger partial charge in [-0.3, -0.25) is 14.6 Å². The Kier molecular flexibility index (Phi) is 7.17. The van der Waals surface area contributed by atoms with Crippen molar-refractivity contribution >= 4 is 27.7 Å². The molecule has 1 aromatic heterocycles. The number of amides is 2. The Labute approximate surface area is 195 Å². The van der Waals surface area contributed by atoms with Gasteiger partial charge in [-0.15, -0.1) is 0 Å². The number of hydrogen-bond donors (Lipinski definition) is 1. The molecule has 2 aromatic carbocycles. The second kappa shape index (κ2) is 10.4. The van der Waals surface area contributed by atoms with Crippen molar-refractivity contribution in [2.24, 2.45) is 0 Å². The van der Waals surface area contributed by atoms with Crippen molar-refractivity contribution in [3.63, 3.8) is 0 Å². The third-order valence-electron chi connectivity index (χ3n) is 5.49. The molecule has 0 saturated carbocycles. The molecule has 0 spiro atoms. The van der Waals surface area contributed by atoms with Crippen LogP contribution in [0.4, 0.5) is 0 Å². The molecule has 1 fully saturated rings. The van der Waals surface area contributed by atoms with Crippen LogP contribution in [0.5, 0.6) is 5.75 Å². The summed E-state index contributed by atoms with van der Waals surface area (Å²) in [6.07, 6.45) is 4.72. The molecule has 4 rings (SSSR count). The zero-order valence-electron chi connectivity index (χ0n) is 17.5. The normalized spacial score (nSPS) is 14.1. The highest BCUT2D eigenvalue weighted by molar-refractivity contribution is 9.10. The molecule has 0 unspecified atom stereocenters. The van der Waals surface area contributed by atoms with Crippen molar-refractivity contribution in [2.75, 3.05) is 13.1 Å². The molecule has 1 aliphatic heterocycles. The van der Waals surface area contributed by atoms with E-state index in [0.717, 1.165) is 28.6 Å². The lowest BCUT2D eigenvalue weighted by molar-refractivity contribution is 0.0698. The summed E-state index contributed by atoms with van der Waals surface area (Å²) in [6, 6.07) is 18.6. The molecule has 0 atom stereocenters. The molecule has 6 nitrogen and oxygen atoms in total. The van der Waals surface area contributed by atoms with Gasteiger partial charge in [-0.25, -0.2) is 0 Å². The van der Waals surface area contributed by atoms with E-state index in [1.165, 1.54) is 0 Å². The molecule has 164 valence electrons. The molecule has 7 heteroatoms. The van der Waals surface area contributed by atoms with Gasteiger partial charge in [0.1, 0.15) is 12.4 Å². The first-order valence-electron chi connectivity index (χ1n) is 10.6. The highest BCUT2D eigenvalue weighted by atomic mass is 79.9. The van der Waals surface area contributed by atoms with Crippen LogP contribution in [0.1, 0.15) is 39.1 Å². The SMILES string of the molecule is O=C(NC1CCN(C(=O)c2ccncc2)CC1)c1ccc(COc2ccccc2Br)cc1. The lowest BCUT2D eigenvalue weighted by atomic mass is 10.0.